The Morgan fingerprint density at radius 3 is 2.56 bits per heavy atom. The minimum absolute atomic E-state index is 0.0130. The van der Waals surface area contributed by atoms with Crippen molar-refractivity contribution in [2.45, 2.75) is 13.0 Å². The van der Waals surface area contributed by atoms with Gasteiger partial charge in [-0.2, -0.15) is 4.31 Å². The highest BCUT2D eigenvalue weighted by molar-refractivity contribution is 7.88. The fraction of sp³-hybridized carbons (Fsp3) is 0.667. The summed E-state index contributed by atoms with van der Waals surface area (Å²) in [5.74, 6) is -0.859. The maximum absolute atomic E-state index is 11.2. The number of hydrogen-bond acceptors (Lipinski definition) is 5. The Kier molecular flexibility index (Phi) is 6.24. The molecule has 0 aliphatic heterocycles. The highest BCUT2D eigenvalue weighted by Gasteiger charge is 2.24. The normalized spacial score (nSPS) is 13.5. The lowest BCUT2D eigenvalue weighted by Gasteiger charge is -2.20. The molecular weight excluding hydrogens is 234 g/mol. The van der Waals surface area contributed by atoms with E-state index in [0.29, 0.717) is 0 Å². The molecule has 16 heavy (non-hydrogen) atoms. The first-order chi connectivity index (χ1) is 7.32. The SMILES string of the molecule is C=CCOC(=O)C(O)CN(CC)S(C)(=O)=O. The Morgan fingerprint density at radius 2 is 2.19 bits per heavy atom. The zero-order chi connectivity index (χ0) is 12.8. The van der Waals surface area contributed by atoms with Gasteiger partial charge in [-0.3, -0.25) is 0 Å². The Morgan fingerprint density at radius 1 is 1.62 bits per heavy atom. The Hall–Kier alpha value is -0.920. The quantitative estimate of drug-likeness (QED) is 0.480. The van der Waals surface area contributed by atoms with Gasteiger partial charge in [-0.15, -0.1) is 0 Å². The molecule has 0 aromatic heterocycles. The van der Waals surface area contributed by atoms with E-state index in [0.717, 1.165) is 10.6 Å². The molecule has 0 fully saturated rings. The van der Waals surface area contributed by atoms with Gasteiger partial charge >= 0.3 is 5.97 Å². The van der Waals surface area contributed by atoms with Gasteiger partial charge in [0.25, 0.3) is 0 Å². The third-order valence-electron chi connectivity index (χ3n) is 1.81. The zero-order valence-corrected chi connectivity index (χ0v) is 10.2. The summed E-state index contributed by atoms with van der Waals surface area (Å²) in [5, 5.41) is 9.39. The van der Waals surface area contributed by atoms with E-state index in [2.05, 4.69) is 11.3 Å². The molecule has 0 saturated heterocycles. The van der Waals surface area contributed by atoms with Crippen molar-refractivity contribution >= 4 is 16.0 Å². The molecule has 7 heteroatoms. The van der Waals surface area contributed by atoms with Crippen LogP contribution < -0.4 is 0 Å². The van der Waals surface area contributed by atoms with Crippen LogP contribution in [0.1, 0.15) is 6.92 Å². The van der Waals surface area contributed by atoms with E-state index in [4.69, 9.17) is 0 Å². The molecule has 1 atom stereocenters. The van der Waals surface area contributed by atoms with E-state index in [1.807, 2.05) is 0 Å². The second-order valence-electron chi connectivity index (χ2n) is 3.15. The molecule has 0 spiro atoms. The topological polar surface area (TPSA) is 83.9 Å². The number of carbonyl (C=O) groups is 1. The van der Waals surface area contributed by atoms with Crippen LogP contribution in [-0.4, -0.2) is 55.9 Å². The molecule has 0 aromatic carbocycles. The van der Waals surface area contributed by atoms with E-state index >= 15 is 0 Å². The molecule has 0 saturated carbocycles. The van der Waals surface area contributed by atoms with Crippen LogP contribution in [-0.2, 0) is 19.6 Å². The molecule has 94 valence electrons. The van der Waals surface area contributed by atoms with Gasteiger partial charge in [0.15, 0.2) is 6.10 Å². The first-order valence-corrected chi connectivity index (χ1v) is 6.58. The second-order valence-corrected chi connectivity index (χ2v) is 5.13. The minimum Gasteiger partial charge on any atom is -0.460 e. The maximum atomic E-state index is 11.2. The number of rotatable bonds is 7. The molecule has 0 amide bonds. The molecule has 0 aromatic rings. The van der Waals surface area contributed by atoms with Gasteiger partial charge in [-0.05, 0) is 0 Å². The van der Waals surface area contributed by atoms with Crippen LogP contribution >= 0.6 is 0 Å². The standard InChI is InChI=1S/C9H17NO5S/c1-4-6-15-9(12)8(11)7-10(5-2)16(3,13)14/h4,8,11H,1,5-7H2,2-3H3. The number of likely N-dealkylation sites (N-methyl/N-ethyl adjacent to an activating group) is 1. The van der Waals surface area contributed by atoms with Crippen LogP contribution in [0.25, 0.3) is 0 Å². The Labute approximate surface area is 95.6 Å². The van der Waals surface area contributed by atoms with Gasteiger partial charge in [0.2, 0.25) is 10.0 Å². The van der Waals surface area contributed by atoms with Crippen molar-refractivity contribution in [2.75, 3.05) is 26.0 Å². The summed E-state index contributed by atoms with van der Waals surface area (Å²) in [4.78, 5) is 11.1. The average Bonchev–Trinajstić information content (AvgIpc) is 2.20. The fourth-order valence-corrected chi connectivity index (χ4v) is 1.88. The van der Waals surface area contributed by atoms with Gasteiger partial charge in [-0.25, -0.2) is 13.2 Å². The molecule has 0 bridgehead atoms. The number of aliphatic hydroxyl groups is 1. The molecule has 6 nitrogen and oxygen atoms in total. The largest absolute Gasteiger partial charge is 0.460 e. The van der Waals surface area contributed by atoms with Gasteiger partial charge in [0.1, 0.15) is 6.61 Å². The minimum atomic E-state index is -3.42. The lowest BCUT2D eigenvalue weighted by atomic mass is 10.3. The van der Waals surface area contributed by atoms with E-state index in [-0.39, 0.29) is 19.7 Å². The third kappa shape index (κ3) is 5.24. The number of sulfonamides is 1. The van der Waals surface area contributed by atoms with Crippen LogP contribution in [0.2, 0.25) is 0 Å². The first kappa shape index (κ1) is 15.1. The molecule has 0 radical (unpaired) electrons. The number of carbonyl (C=O) groups excluding carboxylic acids is 1. The molecule has 0 heterocycles. The summed E-state index contributed by atoms with van der Waals surface area (Å²) in [7, 11) is -3.42. The molecule has 0 aliphatic rings. The number of aliphatic hydroxyl groups excluding tert-OH is 1. The van der Waals surface area contributed by atoms with Crippen LogP contribution in [0, 0.1) is 0 Å². The van der Waals surface area contributed by atoms with Crippen molar-refractivity contribution in [3.05, 3.63) is 12.7 Å². The third-order valence-corrected chi connectivity index (χ3v) is 3.16. The fourth-order valence-electron chi connectivity index (χ4n) is 1.00. The number of nitrogens with zero attached hydrogens (tertiary/aromatic N) is 1. The summed E-state index contributed by atoms with van der Waals surface area (Å²) in [5.41, 5.74) is 0. The number of esters is 1. The summed E-state index contributed by atoms with van der Waals surface area (Å²) >= 11 is 0. The van der Waals surface area contributed by atoms with Crippen LogP contribution in [0.4, 0.5) is 0 Å². The summed E-state index contributed by atoms with van der Waals surface area (Å²) < 4.78 is 27.9. The predicted octanol–water partition coefficient (Wildman–Crippen LogP) is -0.642. The molecule has 1 unspecified atom stereocenters. The smallest absolute Gasteiger partial charge is 0.336 e. The average molecular weight is 251 g/mol. The molecule has 0 aliphatic carbocycles. The van der Waals surface area contributed by atoms with Crippen LogP contribution in [0.15, 0.2) is 12.7 Å². The lowest BCUT2D eigenvalue weighted by Crippen LogP contribution is -2.40. The van der Waals surface area contributed by atoms with E-state index < -0.39 is 22.1 Å². The van der Waals surface area contributed by atoms with Crippen molar-refractivity contribution in [1.29, 1.82) is 0 Å². The summed E-state index contributed by atoms with van der Waals surface area (Å²) in [6.45, 7) is 4.83. The highest BCUT2D eigenvalue weighted by atomic mass is 32.2. The van der Waals surface area contributed by atoms with Crippen molar-refractivity contribution in [3.8, 4) is 0 Å². The van der Waals surface area contributed by atoms with Crippen molar-refractivity contribution < 1.29 is 23.1 Å². The second kappa shape index (κ2) is 6.62. The highest BCUT2D eigenvalue weighted by Crippen LogP contribution is 2.01. The van der Waals surface area contributed by atoms with Crippen molar-refractivity contribution in [2.24, 2.45) is 0 Å². The molecule has 1 N–H and O–H groups in total. The summed E-state index contributed by atoms with van der Waals surface area (Å²) in [6, 6.07) is 0. The molecular formula is C9H17NO5S. The Balaban J connectivity index is 4.36. The first-order valence-electron chi connectivity index (χ1n) is 4.73. The monoisotopic (exact) mass is 251 g/mol. The number of ether oxygens (including phenoxy) is 1. The van der Waals surface area contributed by atoms with Crippen LogP contribution in [0.3, 0.4) is 0 Å². The van der Waals surface area contributed by atoms with Crippen LogP contribution in [0.5, 0.6) is 0 Å². The van der Waals surface area contributed by atoms with E-state index in [1.165, 1.54) is 6.08 Å². The van der Waals surface area contributed by atoms with Gasteiger partial charge in [0, 0.05) is 6.54 Å². The van der Waals surface area contributed by atoms with Gasteiger partial charge in [0.05, 0.1) is 12.8 Å². The van der Waals surface area contributed by atoms with Crippen molar-refractivity contribution in [1.82, 2.24) is 4.31 Å². The van der Waals surface area contributed by atoms with E-state index in [1.54, 1.807) is 6.92 Å². The Bertz CT molecular complexity index is 338. The maximum Gasteiger partial charge on any atom is 0.336 e. The summed E-state index contributed by atoms with van der Waals surface area (Å²) in [6.07, 6.45) is 0.895. The van der Waals surface area contributed by atoms with Gasteiger partial charge < -0.3 is 9.84 Å². The van der Waals surface area contributed by atoms with Gasteiger partial charge in [-0.1, -0.05) is 19.6 Å². The number of hydrogen-bond donors (Lipinski definition) is 1. The predicted molar refractivity (Wildman–Crippen MR) is 59.3 cm³/mol. The van der Waals surface area contributed by atoms with Crippen molar-refractivity contribution in [3.63, 3.8) is 0 Å². The zero-order valence-electron chi connectivity index (χ0n) is 9.42. The molecule has 0 rings (SSSR count). The van der Waals surface area contributed by atoms with E-state index in [9.17, 15) is 18.3 Å². The lowest BCUT2D eigenvalue weighted by molar-refractivity contribution is -0.152.